The molecule has 2 rings (SSSR count). The van der Waals surface area contributed by atoms with Gasteiger partial charge in [0.2, 0.25) is 0 Å². The topological polar surface area (TPSA) is 112 Å². The molecule has 6 heteroatoms. The van der Waals surface area contributed by atoms with Crippen LogP contribution in [-0.4, -0.2) is 16.4 Å². The number of rotatable bonds is 3. The molecule has 0 heterocycles. The van der Waals surface area contributed by atoms with Crippen LogP contribution >= 0.6 is 0 Å². The first-order chi connectivity index (χ1) is 8.92. The number of hydrogen-bond donors (Lipinski definition) is 2. The van der Waals surface area contributed by atoms with Gasteiger partial charge < -0.3 is 11.5 Å². The van der Waals surface area contributed by atoms with Crippen molar-refractivity contribution in [1.29, 1.82) is 0 Å². The van der Waals surface area contributed by atoms with Crippen LogP contribution < -0.4 is 11.5 Å². The van der Waals surface area contributed by atoms with Crippen molar-refractivity contribution in [2.45, 2.75) is 31.3 Å². The standard InChI is InChI=1S/C13H17N3O3/c14-13(15)8-2-1-3-11(13)12(17)9-4-6-10(7-5-9)16(18)19/h4-7,11H,1-3,8,14-15H2. The summed E-state index contributed by atoms with van der Waals surface area (Å²) in [5.41, 5.74) is 11.4. The molecule has 0 aliphatic heterocycles. The molecule has 1 saturated carbocycles. The van der Waals surface area contributed by atoms with Crippen LogP contribution in [0.5, 0.6) is 0 Å². The van der Waals surface area contributed by atoms with E-state index in [4.69, 9.17) is 11.5 Å². The first-order valence-corrected chi connectivity index (χ1v) is 6.28. The Hall–Kier alpha value is -1.79. The molecule has 0 aromatic heterocycles. The van der Waals surface area contributed by atoms with Gasteiger partial charge >= 0.3 is 0 Å². The van der Waals surface area contributed by atoms with Crippen molar-refractivity contribution in [1.82, 2.24) is 0 Å². The van der Waals surface area contributed by atoms with Crippen LogP contribution in [0.15, 0.2) is 24.3 Å². The van der Waals surface area contributed by atoms with Crippen LogP contribution in [0.25, 0.3) is 0 Å². The number of ketones is 1. The van der Waals surface area contributed by atoms with Gasteiger partial charge in [0.25, 0.3) is 5.69 Å². The highest BCUT2D eigenvalue weighted by Gasteiger charge is 2.38. The maximum atomic E-state index is 12.4. The molecular formula is C13H17N3O3. The van der Waals surface area contributed by atoms with E-state index in [1.54, 1.807) is 0 Å². The van der Waals surface area contributed by atoms with Gasteiger partial charge in [-0.05, 0) is 25.0 Å². The minimum atomic E-state index is -0.975. The minimum absolute atomic E-state index is 0.0352. The second-order valence-corrected chi connectivity index (χ2v) is 5.08. The van der Waals surface area contributed by atoms with E-state index < -0.39 is 16.5 Å². The van der Waals surface area contributed by atoms with Gasteiger partial charge in [-0.25, -0.2) is 0 Å². The van der Waals surface area contributed by atoms with E-state index >= 15 is 0 Å². The number of nitrogens with two attached hydrogens (primary N) is 2. The average molecular weight is 263 g/mol. The number of nitro groups is 1. The summed E-state index contributed by atoms with van der Waals surface area (Å²) in [5, 5.41) is 10.6. The third kappa shape index (κ3) is 2.80. The van der Waals surface area contributed by atoms with Crippen molar-refractivity contribution in [2.24, 2.45) is 17.4 Å². The van der Waals surface area contributed by atoms with E-state index in [-0.39, 0.29) is 11.5 Å². The molecular weight excluding hydrogens is 246 g/mol. The predicted octanol–water partition coefficient (Wildman–Crippen LogP) is 1.58. The van der Waals surface area contributed by atoms with E-state index in [1.165, 1.54) is 24.3 Å². The maximum Gasteiger partial charge on any atom is 0.269 e. The third-order valence-corrected chi connectivity index (χ3v) is 3.68. The molecule has 6 nitrogen and oxygen atoms in total. The molecule has 1 fully saturated rings. The number of carbonyl (C=O) groups excluding carboxylic acids is 1. The molecule has 0 amide bonds. The summed E-state index contributed by atoms with van der Waals surface area (Å²) in [7, 11) is 0. The average Bonchev–Trinajstić information content (AvgIpc) is 2.37. The zero-order chi connectivity index (χ0) is 14.0. The van der Waals surface area contributed by atoms with Crippen LogP contribution in [0, 0.1) is 16.0 Å². The Morgan fingerprint density at radius 1 is 1.26 bits per heavy atom. The van der Waals surface area contributed by atoms with Gasteiger partial charge in [0, 0.05) is 17.7 Å². The highest BCUT2D eigenvalue weighted by molar-refractivity contribution is 5.98. The van der Waals surface area contributed by atoms with Crippen molar-refractivity contribution in [2.75, 3.05) is 0 Å². The summed E-state index contributed by atoms with van der Waals surface area (Å²) >= 11 is 0. The first-order valence-electron chi connectivity index (χ1n) is 6.28. The van der Waals surface area contributed by atoms with Gasteiger partial charge in [-0.1, -0.05) is 12.8 Å². The fourth-order valence-corrected chi connectivity index (χ4v) is 2.55. The van der Waals surface area contributed by atoms with E-state index in [0.717, 1.165) is 12.8 Å². The molecule has 19 heavy (non-hydrogen) atoms. The zero-order valence-electron chi connectivity index (χ0n) is 10.5. The second-order valence-electron chi connectivity index (χ2n) is 5.08. The van der Waals surface area contributed by atoms with Crippen LogP contribution in [0.4, 0.5) is 5.69 Å². The van der Waals surface area contributed by atoms with Crippen molar-refractivity contribution in [3.63, 3.8) is 0 Å². The minimum Gasteiger partial charge on any atom is -0.313 e. The Morgan fingerprint density at radius 3 is 2.42 bits per heavy atom. The second kappa shape index (κ2) is 5.07. The molecule has 1 aliphatic rings. The van der Waals surface area contributed by atoms with Gasteiger partial charge in [-0.3, -0.25) is 14.9 Å². The summed E-state index contributed by atoms with van der Waals surface area (Å²) in [6, 6.07) is 5.58. The summed E-state index contributed by atoms with van der Waals surface area (Å²) in [6.07, 6.45) is 3.15. The van der Waals surface area contributed by atoms with E-state index in [0.29, 0.717) is 18.4 Å². The Bertz CT molecular complexity index is 496. The molecule has 4 N–H and O–H groups in total. The van der Waals surface area contributed by atoms with Crippen molar-refractivity contribution >= 4 is 11.5 Å². The highest BCUT2D eigenvalue weighted by atomic mass is 16.6. The number of nitro benzene ring substituents is 1. The smallest absolute Gasteiger partial charge is 0.269 e. The lowest BCUT2D eigenvalue weighted by Gasteiger charge is -2.36. The molecule has 0 spiro atoms. The van der Waals surface area contributed by atoms with Crippen LogP contribution in [0.2, 0.25) is 0 Å². The SMILES string of the molecule is NC1(N)CCCCC1C(=O)c1ccc([N+](=O)[O-])cc1. The normalized spacial score (nSPS) is 21.9. The van der Waals surface area contributed by atoms with E-state index in [2.05, 4.69) is 0 Å². The number of non-ortho nitro benzene ring substituents is 1. The highest BCUT2D eigenvalue weighted by Crippen LogP contribution is 2.31. The van der Waals surface area contributed by atoms with Crippen LogP contribution in [0.3, 0.4) is 0 Å². The number of hydrogen-bond acceptors (Lipinski definition) is 5. The molecule has 1 unspecified atom stereocenters. The maximum absolute atomic E-state index is 12.4. The van der Waals surface area contributed by atoms with Gasteiger partial charge in [-0.15, -0.1) is 0 Å². The monoisotopic (exact) mass is 263 g/mol. The molecule has 0 bridgehead atoms. The molecule has 1 aromatic carbocycles. The Labute approximate surface area is 110 Å². The fraction of sp³-hybridized carbons (Fsp3) is 0.462. The zero-order valence-corrected chi connectivity index (χ0v) is 10.5. The quantitative estimate of drug-likeness (QED) is 0.372. The molecule has 0 saturated heterocycles. The Balaban J connectivity index is 2.21. The number of Topliss-reactive ketones (excluding diaryl/α,β-unsaturated/α-hetero) is 1. The van der Waals surface area contributed by atoms with Crippen LogP contribution in [-0.2, 0) is 0 Å². The summed E-state index contributed by atoms with van der Waals surface area (Å²) in [4.78, 5) is 22.4. The van der Waals surface area contributed by atoms with Crippen molar-refractivity contribution in [3.05, 3.63) is 39.9 Å². The molecule has 0 radical (unpaired) electrons. The summed E-state index contributed by atoms with van der Waals surface area (Å²) < 4.78 is 0. The largest absolute Gasteiger partial charge is 0.313 e. The lowest BCUT2D eigenvalue weighted by Crippen LogP contribution is -2.59. The fourth-order valence-electron chi connectivity index (χ4n) is 2.55. The number of nitrogens with zero attached hydrogens (tertiary/aromatic N) is 1. The van der Waals surface area contributed by atoms with E-state index in [9.17, 15) is 14.9 Å². The van der Waals surface area contributed by atoms with Crippen molar-refractivity contribution in [3.8, 4) is 0 Å². The van der Waals surface area contributed by atoms with Crippen LogP contribution in [0.1, 0.15) is 36.0 Å². The third-order valence-electron chi connectivity index (χ3n) is 3.68. The molecule has 1 atom stereocenters. The molecule has 102 valence electrons. The summed E-state index contributed by atoms with van der Waals surface area (Å²) in [5.74, 6) is -0.540. The van der Waals surface area contributed by atoms with Gasteiger partial charge in [0.05, 0.1) is 16.5 Å². The molecule has 1 aromatic rings. The predicted molar refractivity (Wildman–Crippen MR) is 70.5 cm³/mol. The van der Waals surface area contributed by atoms with E-state index in [1.807, 2.05) is 0 Å². The van der Waals surface area contributed by atoms with Crippen molar-refractivity contribution < 1.29 is 9.72 Å². The van der Waals surface area contributed by atoms with Gasteiger partial charge in [-0.2, -0.15) is 0 Å². The van der Waals surface area contributed by atoms with Gasteiger partial charge in [0.1, 0.15) is 0 Å². The van der Waals surface area contributed by atoms with Gasteiger partial charge in [0.15, 0.2) is 5.78 Å². The Kier molecular flexibility index (Phi) is 3.64. The number of carbonyl (C=O) groups is 1. The number of benzene rings is 1. The Morgan fingerprint density at radius 2 is 1.89 bits per heavy atom. The lowest BCUT2D eigenvalue weighted by molar-refractivity contribution is -0.384. The first kappa shape index (κ1) is 13.6. The molecule has 1 aliphatic carbocycles. The lowest BCUT2D eigenvalue weighted by atomic mass is 9.76. The summed E-state index contributed by atoms with van der Waals surface area (Å²) in [6.45, 7) is 0.